The van der Waals surface area contributed by atoms with Crippen LogP contribution in [0, 0.1) is 5.82 Å². The maximum atomic E-state index is 13.2. The third-order valence-electron chi connectivity index (χ3n) is 3.64. The number of halogens is 2. The van der Waals surface area contributed by atoms with Crippen LogP contribution in [0.3, 0.4) is 0 Å². The molecule has 1 heterocycles. The van der Waals surface area contributed by atoms with E-state index in [1.807, 2.05) is 6.07 Å². The Bertz CT molecular complexity index is 1040. The molecule has 0 bridgehead atoms. The number of carbonyl (C=O) groups excluding carboxylic acids is 2. The number of nitrogens with one attached hydrogen (secondary N) is 3. The molecule has 0 aliphatic heterocycles. The van der Waals surface area contributed by atoms with E-state index < -0.39 is 11.7 Å². The van der Waals surface area contributed by atoms with Crippen molar-refractivity contribution in [2.24, 2.45) is 0 Å². The molecule has 0 aliphatic rings. The lowest BCUT2D eigenvalue weighted by Gasteiger charge is -2.10. The van der Waals surface area contributed by atoms with Crippen LogP contribution in [0.4, 0.5) is 27.1 Å². The first-order valence-electron chi connectivity index (χ1n) is 8.28. The molecule has 0 atom stereocenters. The number of anilines is 4. The summed E-state index contributed by atoms with van der Waals surface area (Å²) >= 11 is 5.72. The predicted molar refractivity (Wildman–Crippen MR) is 108 cm³/mol. The second-order valence-electron chi connectivity index (χ2n) is 5.90. The van der Waals surface area contributed by atoms with Gasteiger partial charge in [-0.1, -0.05) is 17.7 Å². The second kappa shape index (κ2) is 8.49. The number of aromatic nitrogens is 1. The summed E-state index contributed by atoms with van der Waals surface area (Å²) in [5.74, 6) is -1.19. The fourth-order valence-electron chi connectivity index (χ4n) is 2.45. The molecule has 0 saturated carbocycles. The first-order valence-corrected chi connectivity index (χ1v) is 8.65. The van der Waals surface area contributed by atoms with E-state index in [1.54, 1.807) is 30.3 Å². The Morgan fingerprint density at radius 3 is 2.39 bits per heavy atom. The Labute approximate surface area is 165 Å². The predicted octanol–water partition coefficient (Wildman–Crippen LogP) is 4.83. The maximum absolute atomic E-state index is 13.2. The highest BCUT2D eigenvalue weighted by molar-refractivity contribution is 6.31. The van der Waals surface area contributed by atoms with Gasteiger partial charge in [0, 0.05) is 35.9 Å². The van der Waals surface area contributed by atoms with Crippen LogP contribution in [0.15, 0.2) is 60.8 Å². The van der Waals surface area contributed by atoms with Gasteiger partial charge in [-0.3, -0.25) is 14.6 Å². The number of benzene rings is 2. The molecule has 0 fully saturated rings. The first-order chi connectivity index (χ1) is 13.4. The molecule has 0 unspecified atom stereocenters. The standard InChI is InChI=1S/C20H16ClFN4O2/c1-12(27)24-13-3-2-4-14(9-13)25-16-7-8-23-19(11-16)20(28)26-15-5-6-18(22)17(21)10-15/h2-11H,1H3,(H,23,25)(H,24,27)(H,26,28). The molecule has 28 heavy (non-hydrogen) atoms. The van der Waals surface area contributed by atoms with Crippen LogP contribution in [-0.2, 0) is 4.79 Å². The van der Waals surface area contributed by atoms with Crippen molar-refractivity contribution in [1.29, 1.82) is 0 Å². The van der Waals surface area contributed by atoms with E-state index in [0.717, 1.165) is 5.69 Å². The van der Waals surface area contributed by atoms with Crippen LogP contribution < -0.4 is 16.0 Å². The van der Waals surface area contributed by atoms with E-state index >= 15 is 0 Å². The molecular formula is C20H16ClFN4O2. The smallest absolute Gasteiger partial charge is 0.274 e. The molecule has 0 radical (unpaired) electrons. The van der Waals surface area contributed by atoms with E-state index in [1.165, 1.54) is 31.3 Å². The number of rotatable bonds is 5. The summed E-state index contributed by atoms with van der Waals surface area (Å²) in [6, 6.07) is 14.3. The molecule has 2 aromatic carbocycles. The van der Waals surface area contributed by atoms with Gasteiger partial charge in [0.2, 0.25) is 5.91 Å². The summed E-state index contributed by atoms with van der Waals surface area (Å²) in [6.45, 7) is 1.43. The van der Waals surface area contributed by atoms with E-state index in [-0.39, 0.29) is 16.6 Å². The molecule has 8 heteroatoms. The molecule has 3 N–H and O–H groups in total. The van der Waals surface area contributed by atoms with Crippen molar-refractivity contribution in [2.75, 3.05) is 16.0 Å². The number of pyridine rings is 1. The Hall–Kier alpha value is -3.45. The Kier molecular flexibility index (Phi) is 5.86. The lowest BCUT2D eigenvalue weighted by Crippen LogP contribution is -2.14. The van der Waals surface area contributed by atoms with Crippen LogP contribution in [0.2, 0.25) is 5.02 Å². The molecule has 0 spiro atoms. The molecule has 0 aliphatic carbocycles. The molecule has 0 saturated heterocycles. The fraction of sp³-hybridized carbons (Fsp3) is 0.0500. The van der Waals surface area contributed by atoms with Gasteiger partial charge < -0.3 is 16.0 Å². The van der Waals surface area contributed by atoms with Gasteiger partial charge in [0.05, 0.1) is 5.02 Å². The minimum Gasteiger partial charge on any atom is -0.355 e. The van der Waals surface area contributed by atoms with E-state index in [4.69, 9.17) is 11.6 Å². The van der Waals surface area contributed by atoms with E-state index in [0.29, 0.717) is 17.1 Å². The third-order valence-corrected chi connectivity index (χ3v) is 3.93. The first kappa shape index (κ1) is 19.3. The van der Waals surface area contributed by atoms with Gasteiger partial charge >= 0.3 is 0 Å². The number of nitrogens with zero attached hydrogens (tertiary/aromatic N) is 1. The van der Waals surface area contributed by atoms with Crippen LogP contribution in [-0.4, -0.2) is 16.8 Å². The van der Waals surface area contributed by atoms with Crippen molar-refractivity contribution in [2.45, 2.75) is 6.92 Å². The lowest BCUT2D eigenvalue weighted by molar-refractivity contribution is -0.114. The maximum Gasteiger partial charge on any atom is 0.274 e. The minimum absolute atomic E-state index is 0.0831. The van der Waals surface area contributed by atoms with Crippen molar-refractivity contribution in [3.63, 3.8) is 0 Å². The summed E-state index contributed by atoms with van der Waals surface area (Å²) < 4.78 is 13.2. The van der Waals surface area contributed by atoms with Crippen molar-refractivity contribution in [3.8, 4) is 0 Å². The van der Waals surface area contributed by atoms with Crippen LogP contribution in [0.1, 0.15) is 17.4 Å². The van der Waals surface area contributed by atoms with Crippen molar-refractivity contribution >= 4 is 46.2 Å². The van der Waals surface area contributed by atoms with Crippen molar-refractivity contribution < 1.29 is 14.0 Å². The normalized spacial score (nSPS) is 10.2. The largest absolute Gasteiger partial charge is 0.355 e. The lowest BCUT2D eigenvalue weighted by atomic mass is 10.2. The van der Waals surface area contributed by atoms with E-state index in [9.17, 15) is 14.0 Å². The van der Waals surface area contributed by atoms with Crippen LogP contribution in [0.25, 0.3) is 0 Å². The van der Waals surface area contributed by atoms with Gasteiger partial charge in [0.1, 0.15) is 11.5 Å². The highest BCUT2D eigenvalue weighted by Gasteiger charge is 2.10. The molecule has 2 amide bonds. The minimum atomic E-state index is -0.564. The highest BCUT2D eigenvalue weighted by Crippen LogP contribution is 2.22. The van der Waals surface area contributed by atoms with Crippen molar-refractivity contribution in [1.82, 2.24) is 4.98 Å². The van der Waals surface area contributed by atoms with Gasteiger partial charge in [-0.25, -0.2) is 4.39 Å². The summed E-state index contributed by atoms with van der Waals surface area (Å²) in [4.78, 5) is 27.6. The summed E-state index contributed by atoms with van der Waals surface area (Å²) in [6.07, 6.45) is 1.49. The zero-order chi connectivity index (χ0) is 20.1. The second-order valence-corrected chi connectivity index (χ2v) is 6.31. The zero-order valence-corrected chi connectivity index (χ0v) is 15.5. The summed E-state index contributed by atoms with van der Waals surface area (Å²) in [5.41, 5.74) is 2.55. The van der Waals surface area contributed by atoms with E-state index in [2.05, 4.69) is 20.9 Å². The average Bonchev–Trinajstić information content (AvgIpc) is 2.65. The highest BCUT2D eigenvalue weighted by atomic mass is 35.5. The van der Waals surface area contributed by atoms with Gasteiger partial charge in [-0.2, -0.15) is 0 Å². The average molecular weight is 399 g/mol. The topological polar surface area (TPSA) is 83.1 Å². The number of carbonyl (C=O) groups is 2. The quantitative estimate of drug-likeness (QED) is 0.575. The summed E-state index contributed by atoms with van der Waals surface area (Å²) in [5, 5.41) is 8.39. The Morgan fingerprint density at radius 1 is 0.929 bits per heavy atom. The zero-order valence-electron chi connectivity index (χ0n) is 14.8. The van der Waals surface area contributed by atoms with Gasteiger partial charge in [-0.05, 0) is 48.5 Å². The van der Waals surface area contributed by atoms with Crippen LogP contribution in [0.5, 0.6) is 0 Å². The van der Waals surface area contributed by atoms with Gasteiger partial charge in [-0.15, -0.1) is 0 Å². The third kappa shape index (κ3) is 5.05. The molecule has 6 nitrogen and oxygen atoms in total. The number of amides is 2. The Morgan fingerprint density at radius 2 is 1.64 bits per heavy atom. The van der Waals surface area contributed by atoms with Crippen molar-refractivity contribution in [3.05, 3.63) is 77.3 Å². The number of hydrogen-bond acceptors (Lipinski definition) is 4. The molecule has 1 aromatic heterocycles. The van der Waals surface area contributed by atoms with Crippen LogP contribution >= 0.6 is 11.6 Å². The SMILES string of the molecule is CC(=O)Nc1cccc(Nc2ccnc(C(=O)Nc3ccc(F)c(Cl)c3)c2)c1. The molecule has 142 valence electrons. The Balaban J connectivity index is 1.73. The molecular weight excluding hydrogens is 383 g/mol. The summed E-state index contributed by atoms with van der Waals surface area (Å²) in [7, 11) is 0. The monoisotopic (exact) mass is 398 g/mol. The molecule has 3 aromatic rings. The van der Waals surface area contributed by atoms with Gasteiger partial charge in [0.25, 0.3) is 5.91 Å². The van der Waals surface area contributed by atoms with Gasteiger partial charge in [0.15, 0.2) is 0 Å². The number of hydrogen-bond donors (Lipinski definition) is 3. The molecule has 3 rings (SSSR count). The fourth-order valence-corrected chi connectivity index (χ4v) is 2.63.